The summed E-state index contributed by atoms with van der Waals surface area (Å²) in [6, 6.07) is 11.6. The molecule has 2 aromatic carbocycles. The Balaban J connectivity index is 1.64. The van der Waals surface area contributed by atoms with Gasteiger partial charge in [0.15, 0.2) is 6.10 Å². The van der Waals surface area contributed by atoms with Gasteiger partial charge < -0.3 is 15.0 Å². The molecule has 0 radical (unpaired) electrons. The average molecular weight is 342 g/mol. The van der Waals surface area contributed by atoms with Crippen LogP contribution >= 0.6 is 0 Å². The van der Waals surface area contributed by atoms with Crippen LogP contribution < -0.4 is 10.1 Å². The molecule has 5 nitrogen and oxygen atoms in total. The highest BCUT2D eigenvalue weighted by atomic mass is 19.1. The number of rotatable bonds is 4. The van der Waals surface area contributed by atoms with Crippen molar-refractivity contribution in [1.82, 2.24) is 4.90 Å². The van der Waals surface area contributed by atoms with E-state index in [4.69, 9.17) is 4.74 Å². The van der Waals surface area contributed by atoms with Crippen LogP contribution in [-0.4, -0.2) is 29.9 Å². The lowest BCUT2D eigenvalue weighted by Crippen LogP contribution is -2.41. The number of fused-ring (bicyclic) bond motifs is 1. The highest BCUT2D eigenvalue weighted by Gasteiger charge is 2.30. The average Bonchev–Trinajstić information content (AvgIpc) is 2.55. The first-order valence-electron chi connectivity index (χ1n) is 7.99. The molecular formula is C19H19FN2O3. The van der Waals surface area contributed by atoms with Gasteiger partial charge in [-0.05, 0) is 42.3 Å². The minimum atomic E-state index is -0.877. The number of ether oxygens (including phenoxy) is 1. The molecule has 0 saturated heterocycles. The van der Waals surface area contributed by atoms with E-state index in [1.165, 1.54) is 17.0 Å². The van der Waals surface area contributed by atoms with Crippen LogP contribution in [0.2, 0.25) is 0 Å². The molecule has 1 unspecified atom stereocenters. The number of carbonyl (C=O) groups excluding carboxylic acids is 2. The highest BCUT2D eigenvalue weighted by Crippen LogP contribution is 2.31. The Bertz CT molecular complexity index is 822. The van der Waals surface area contributed by atoms with E-state index in [2.05, 4.69) is 5.32 Å². The summed E-state index contributed by atoms with van der Waals surface area (Å²) in [5.41, 5.74) is 2.31. The number of carbonyl (C=O) groups is 2. The van der Waals surface area contributed by atoms with Crippen LogP contribution in [0.3, 0.4) is 0 Å². The van der Waals surface area contributed by atoms with E-state index < -0.39 is 6.10 Å². The number of nitrogens with zero attached hydrogens (tertiary/aromatic N) is 1. The van der Waals surface area contributed by atoms with E-state index >= 15 is 0 Å². The Kier molecular flexibility index (Phi) is 4.70. The predicted octanol–water partition coefficient (Wildman–Crippen LogP) is 2.88. The molecule has 0 aromatic heterocycles. The Morgan fingerprint density at radius 1 is 1.28 bits per heavy atom. The Hall–Kier alpha value is -2.89. The standard InChI is InChI=1S/C19H19FN2O3/c1-12-6-7-16-15(8-12)21-19(24)17(25-16)10-18(23)22(2)11-13-4-3-5-14(20)9-13/h3-9,17H,10-11H2,1-2H3,(H,21,24). The number of anilines is 1. The van der Waals surface area contributed by atoms with Crippen molar-refractivity contribution in [2.24, 2.45) is 0 Å². The van der Waals surface area contributed by atoms with Crippen molar-refractivity contribution >= 4 is 17.5 Å². The second kappa shape index (κ2) is 6.93. The molecule has 1 aliphatic rings. The third-order valence-corrected chi connectivity index (χ3v) is 4.05. The zero-order chi connectivity index (χ0) is 18.0. The van der Waals surface area contributed by atoms with Gasteiger partial charge in [-0.1, -0.05) is 18.2 Å². The molecule has 1 atom stereocenters. The van der Waals surface area contributed by atoms with E-state index in [0.29, 0.717) is 17.0 Å². The summed E-state index contributed by atoms with van der Waals surface area (Å²) in [4.78, 5) is 26.0. The lowest BCUT2D eigenvalue weighted by atomic mass is 10.1. The zero-order valence-corrected chi connectivity index (χ0v) is 14.1. The number of hydrogen-bond acceptors (Lipinski definition) is 3. The molecule has 0 fully saturated rings. The zero-order valence-electron chi connectivity index (χ0n) is 14.1. The number of benzene rings is 2. The third kappa shape index (κ3) is 3.96. The minimum Gasteiger partial charge on any atom is -0.478 e. The molecular weight excluding hydrogens is 323 g/mol. The number of amides is 2. The van der Waals surface area contributed by atoms with Gasteiger partial charge in [-0.2, -0.15) is 0 Å². The van der Waals surface area contributed by atoms with Gasteiger partial charge in [0.25, 0.3) is 5.91 Å². The van der Waals surface area contributed by atoms with Gasteiger partial charge in [-0.3, -0.25) is 9.59 Å². The summed E-state index contributed by atoms with van der Waals surface area (Å²) in [5.74, 6) is -0.387. The largest absolute Gasteiger partial charge is 0.478 e. The summed E-state index contributed by atoms with van der Waals surface area (Å²) >= 11 is 0. The normalized spacial score (nSPS) is 15.8. The molecule has 0 saturated carbocycles. The Morgan fingerprint density at radius 3 is 2.84 bits per heavy atom. The molecule has 3 rings (SSSR count). The molecule has 1 N–H and O–H groups in total. The summed E-state index contributed by atoms with van der Waals surface area (Å²) in [5, 5.41) is 2.77. The van der Waals surface area contributed by atoms with Crippen LogP contribution in [0.1, 0.15) is 17.5 Å². The lowest BCUT2D eigenvalue weighted by molar-refractivity contribution is -0.136. The maximum Gasteiger partial charge on any atom is 0.266 e. The Morgan fingerprint density at radius 2 is 2.08 bits per heavy atom. The van der Waals surface area contributed by atoms with Gasteiger partial charge >= 0.3 is 0 Å². The first kappa shape index (κ1) is 17.0. The summed E-state index contributed by atoms with van der Waals surface area (Å²) in [6.45, 7) is 2.18. The number of aryl methyl sites for hydroxylation is 1. The fraction of sp³-hybridized carbons (Fsp3) is 0.263. The van der Waals surface area contributed by atoms with Crippen molar-refractivity contribution < 1.29 is 18.7 Å². The second-order valence-electron chi connectivity index (χ2n) is 6.18. The van der Waals surface area contributed by atoms with Gasteiger partial charge in [0, 0.05) is 13.6 Å². The number of halogens is 1. The maximum absolute atomic E-state index is 13.2. The van der Waals surface area contributed by atoms with Crippen LogP contribution in [0.25, 0.3) is 0 Å². The van der Waals surface area contributed by atoms with E-state index in [9.17, 15) is 14.0 Å². The molecule has 2 amide bonds. The SMILES string of the molecule is Cc1ccc2c(c1)NC(=O)C(CC(=O)N(C)Cc1cccc(F)c1)O2. The van der Waals surface area contributed by atoms with E-state index in [1.54, 1.807) is 25.2 Å². The monoisotopic (exact) mass is 342 g/mol. The molecule has 25 heavy (non-hydrogen) atoms. The minimum absolute atomic E-state index is 0.0784. The summed E-state index contributed by atoms with van der Waals surface area (Å²) < 4.78 is 18.9. The molecule has 6 heteroatoms. The topological polar surface area (TPSA) is 58.6 Å². The molecule has 2 aromatic rings. The van der Waals surface area contributed by atoms with Gasteiger partial charge in [0.05, 0.1) is 12.1 Å². The van der Waals surface area contributed by atoms with Gasteiger partial charge in [0.2, 0.25) is 5.91 Å². The summed E-state index contributed by atoms with van der Waals surface area (Å²) in [7, 11) is 1.62. The predicted molar refractivity (Wildman–Crippen MR) is 91.7 cm³/mol. The Labute approximate surface area is 145 Å². The van der Waals surface area contributed by atoms with Crippen LogP contribution in [0, 0.1) is 12.7 Å². The molecule has 0 aliphatic carbocycles. The van der Waals surface area contributed by atoms with Gasteiger partial charge in [-0.25, -0.2) is 4.39 Å². The quantitative estimate of drug-likeness (QED) is 0.929. The maximum atomic E-state index is 13.2. The molecule has 130 valence electrons. The lowest BCUT2D eigenvalue weighted by Gasteiger charge is -2.27. The number of hydrogen-bond donors (Lipinski definition) is 1. The van der Waals surface area contributed by atoms with Crippen molar-refractivity contribution in [3.05, 3.63) is 59.4 Å². The van der Waals surface area contributed by atoms with Crippen LogP contribution in [0.5, 0.6) is 5.75 Å². The van der Waals surface area contributed by atoms with Crippen molar-refractivity contribution in [2.75, 3.05) is 12.4 Å². The van der Waals surface area contributed by atoms with Crippen LogP contribution in [0.4, 0.5) is 10.1 Å². The molecule has 1 heterocycles. The van der Waals surface area contributed by atoms with E-state index in [-0.39, 0.29) is 30.6 Å². The molecule has 0 bridgehead atoms. The highest BCUT2D eigenvalue weighted by molar-refractivity contribution is 6.00. The smallest absolute Gasteiger partial charge is 0.266 e. The third-order valence-electron chi connectivity index (χ3n) is 4.05. The first-order valence-corrected chi connectivity index (χ1v) is 7.99. The second-order valence-corrected chi connectivity index (χ2v) is 6.18. The fourth-order valence-electron chi connectivity index (χ4n) is 2.71. The molecule has 0 spiro atoms. The van der Waals surface area contributed by atoms with Crippen molar-refractivity contribution in [3.63, 3.8) is 0 Å². The number of nitrogens with one attached hydrogen (secondary N) is 1. The van der Waals surface area contributed by atoms with Gasteiger partial charge in [0.1, 0.15) is 11.6 Å². The molecule has 1 aliphatic heterocycles. The fourth-order valence-corrected chi connectivity index (χ4v) is 2.71. The van der Waals surface area contributed by atoms with Crippen molar-refractivity contribution in [3.8, 4) is 5.75 Å². The van der Waals surface area contributed by atoms with E-state index in [0.717, 1.165) is 5.56 Å². The van der Waals surface area contributed by atoms with E-state index in [1.807, 2.05) is 19.1 Å². The van der Waals surface area contributed by atoms with Crippen LogP contribution in [-0.2, 0) is 16.1 Å². The first-order chi connectivity index (χ1) is 11.9. The van der Waals surface area contributed by atoms with Crippen molar-refractivity contribution in [2.45, 2.75) is 26.0 Å². The summed E-state index contributed by atoms with van der Waals surface area (Å²) in [6.07, 6.45) is -0.956. The van der Waals surface area contributed by atoms with Crippen LogP contribution in [0.15, 0.2) is 42.5 Å². The van der Waals surface area contributed by atoms with Crippen molar-refractivity contribution in [1.29, 1.82) is 0 Å². The van der Waals surface area contributed by atoms with Gasteiger partial charge in [-0.15, -0.1) is 0 Å².